The molecule has 0 saturated carbocycles. The third kappa shape index (κ3) is 7.02. The van der Waals surface area contributed by atoms with Gasteiger partial charge in [-0.2, -0.15) is 0 Å². The second kappa shape index (κ2) is 13.2. The lowest BCUT2D eigenvalue weighted by Gasteiger charge is -2.12. The molecule has 0 fully saturated rings. The zero-order valence-electron chi connectivity index (χ0n) is 21.7. The number of carbonyl (C=O) groups is 1. The molecule has 5 aromatic rings. The number of unbranched alkanes of at least 4 members (excludes halogenated alkanes) is 2. The van der Waals surface area contributed by atoms with Crippen molar-refractivity contribution in [3.05, 3.63) is 101 Å². The highest BCUT2D eigenvalue weighted by atomic mass is 35.5. The summed E-state index contributed by atoms with van der Waals surface area (Å²) in [4.78, 5) is 19.3. The van der Waals surface area contributed by atoms with Gasteiger partial charge in [-0.05, 0) is 85.6 Å². The first-order valence-corrected chi connectivity index (χ1v) is 13.4. The van der Waals surface area contributed by atoms with Gasteiger partial charge >= 0.3 is 0 Å². The molecule has 3 aromatic carbocycles. The molecule has 0 amide bonds. The first-order chi connectivity index (χ1) is 19.6. The summed E-state index contributed by atoms with van der Waals surface area (Å²) in [5.74, 6) is 2.45. The van der Waals surface area contributed by atoms with Crippen LogP contribution < -0.4 is 15.4 Å². The van der Waals surface area contributed by atoms with E-state index in [4.69, 9.17) is 20.8 Å². The van der Waals surface area contributed by atoms with Crippen LogP contribution >= 0.6 is 11.6 Å². The summed E-state index contributed by atoms with van der Waals surface area (Å²) in [6.45, 7) is 1.73. The van der Waals surface area contributed by atoms with E-state index >= 15 is 0 Å². The maximum atomic E-state index is 13.1. The van der Waals surface area contributed by atoms with Crippen molar-refractivity contribution in [2.24, 2.45) is 0 Å². The molecule has 0 unspecified atom stereocenters. The van der Waals surface area contributed by atoms with E-state index in [1.54, 1.807) is 24.3 Å². The van der Waals surface area contributed by atoms with Crippen LogP contribution in [0.2, 0.25) is 5.02 Å². The van der Waals surface area contributed by atoms with Crippen molar-refractivity contribution in [1.29, 1.82) is 0 Å². The molecule has 7 nitrogen and oxygen atoms in total. The Bertz CT molecular complexity index is 1590. The third-order valence-corrected chi connectivity index (χ3v) is 6.60. The van der Waals surface area contributed by atoms with Crippen molar-refractivity contribution >= 4 is 40.3 Å². The van der Waals surface area contributed by atoms with Crippen molar-refractivity contribution in [3.8, 4) is 17.1 Å². The lowest BCUT2D eigenvalue weighted by Crippen LogP contribution is -2.14. The Morgan fingerprint density at radius 1 is 0.975 bits per heavy atom. The molecule has 2 N–H and O–H groups in total. The Labute approximate surface area is 236 Å². The van der Waals surface area contributed by atoms with Crippen molar-refractivity contribution in [2.45, 2.75) is 32.4 Å². The molecule has 0 spiro atoms. The van der Waals surface area contributed by atoms with Crippen LogP contribution in [0.25, 0.3) is 22.2 Å². The van der Waals surface area contributed by atoms with Gasteiger partial charge < -0.3 is 24.6 Å². The molecule has 0 saturated heterocycles. The first-order valence-electron chi connectivity index (χ1n) is 13.0. The van der Waals surface area contributed by atoms with Crippen LogP contribution in [-0.4, -0.2) is 22.8 Å². The summed E-state index contributed by atoms with van der Waals surface area (Å²) in [5, 5.41) is 7.95. The molecule has 2 aromatic heterocycles. The van der Waals surface area contributed by atoms with Crippen LogP contribution in [0.5, 0.6) is 5.75 Å². The highest BCUT2D eigenvalue weighted by Crippen LogP contribution is 2.32. The van der Waals surface area contributed by atoms with Crippen LogP contribution in [-0.2, 0) is 17.9 Å². The van der Waals surface area contributed by atoms with E-state index in [9.17, 15) is 9.18 Å². The van der Waals surface area contributed by atoms with Gasteiger partial charge in [0.1, 0.15) is 48.1 Å². The highest BCUT2D eigenvalue weighted by molar-refractivity contribution is 6.32. The summed E-state index contributed by atoms with van der Waals surface area (Å²) in [6.07, 6.45) is 4.90. The first kappa shape index (κ1) is 27.3. The van der Waals surface area contributed by atoms with Crippen LogP contribution in [0.3, 0.4) is 0 Å². The predicted octanol–water partition coefficient (Wildman–Crippen LogP) is 7.46. The predicted molar refractivity (Wildman–Crippen MR) is 154 cm³/mol. The minimum absolute atomic E-state index is 0.276. The molecule has 9 heteroatoms. The average Bonchev–Trinajstić information content (AvgIpc) is 3.44. The zero-order valence-corrected chi connectivity index (χ0v) is 22.5. The Morgan fingerprint density at radius 2 is 1.85 bits per heavy atom. The van der Waals surface area contributed by atoms with Gasteiger partial charge in [-0.3, -0.25) is 0 Å². The molecule has 40 heavy (non-hydrogen) atoms. The Balaban J connectivity index is 1.26. The second-order valence-electron chi connectivity index (χ2n) is 9.24. The van der Waals surface area contributed by atoms with Gasteiger partial charge in [-0.25, -0.2) is 14.4 Å². The minimum atomic E-state index is -0.289. The number of hydrogen-bond acceptors (Lipinski definition) is 7. The Hall–Kier alpha value is -4.27. The number of furan rings is 1. The fourth-order valence-corrected chi connectivity index (χ4v) is 4.44. The van der Waals surface area contributed by atoms with Gasteiger partial charge in [0.25, 0.3) is 0 Å². The number of halogens is 2. The molecule has 0 aliphatic carbocycles. The number of benzene rings is 3. The molecular weight excluding hydrogens is 531 g/mol. The van der Waals surface area contributed by atoms with Gasteiger partial charge in [0.15, 0.2) is 0 Å². The normalized spacial score (nSPS) is 11.1. The number of anilines is 2. The molecular formula is C31H28ClFN4O3. The van der Waals surface area contributed by atoms with E-state index < -0.39 is 0 Å². The summed E-state index contributed by atoms with van der Waals surface area (Å²) in [5.41, 5.74) is 3.28. The van der Waals surface area contributed by atoms with Crippen LogP contribution in [0.15, 0.2) is 83.5 Å². The average molecular weight is 559 g/mol. The number of rotatable bonds is 13. The number of hydrogen-bond donors (Lipinski definition) is 2. The molecule has 204 valence electrons. The van der Waals surface area contributed by atoms with E-state index in [0.717, 1.165) is 64.9 Å². The van der Waals surface area contributed by atoms with Crippen LogP contribution in [0.1, 0.15) is 30.6 Å². The van der Waals surface area contributed by atoms with E-state index in [1.165, 1.54) is 18.5 Å². The van der Waals surface area contributed by atoms with Gasteiger partial charge in [0, 0.05) is 23.1 Å². The SMILES string of the molecule is O=CCCCCNCc1ccc(-c2ccc3ncnc(Nc4ccc(OCc5ccc(F)cc5)c(Cl)c4)c3c2)o1. The summed E-state index contributed by atoms with van der Waals surface area (Å²) in [6, 6.07) is 21.4. The van der Waals surface area contributed by atoms with Crippen LogP contribution in [0.4, 0.5) is 15.9 Å². The summed E-state index contributed by atoms with van der Waals surface area (Å²) >= 11 is 6.49. The van der Waals surface area contributed by atoms with Crippen molar-refractivity contribution in [3.63, 3.8) is 0 Å². The molecule has 2 heterocycles. The van der Waals surface area contributed by atoms with Gasteiger partial charge in [-0.15, -0.1) is 0 Å². The quantitative estimate of drug-likeness (QED) is 0.114. The van der Waals surface area contributed by atoms with Crippen molar-refractivity contribution in [2.75, 3.05) is 11.9 Å². The number of nitrogens with zero attached hydrogens (tertiary/aromatic N) is 2. The monoisotopic (exact) mass is 558 g/mol. The van der Waals surface area contributed by atoms with E-state index in [2.05, 4.69) is 20.6 Å². The van der Waals surface area contributed by atoms with E-state index in [1.807, 2.05) is 36.4 Å². The number of ether oxygens (including phenoxy) is 1. The van der Waals surface area contributed by atoms with Gasteiger partial charge in [0.2, 0.25) is 0 Å². The van der Waals surface area contributed by atoms with Gasteiger partial charge in [0.05, 0.1) is 17.1 Å². The lowest BCUT2D eigenvalue weighted by molar-refractivity contribution is -0.107. The maximum Gasteiger partial charge on any atom is 0.141 e. The Kier molecular flexibility index (Phi) is 9.00. The number of aldehydes is 1. The molecule has 5 rings (SSSR count). The van der Waals surface area contributed by atoms with E-state index in [0.29, 0.717) is 29.6 Å². The molecule has 0 aliphatic rings. The molecule has 0 bridgehead atoms. The Morgan fingerprint density at radius 3 is 2.67 bits per heavy atom. The topological polar surface area (TPSA) is 89.3 Å². The minimum Gasteiger partial charge on any atom is -0.487 e. The number of aromatic nitrogens is 2. The largest absolute Gasteiger partial charge is 0.487 e. The van der Waals surface area contributed by atoms with Crippen molar-refractivity contribution in [1.82, 2.24) is 15.3 Å². The van der Waals surface area contributed by atoms with Crippen LogP contribution in [0, 0.1) is 5.82 Å². The maximum absolute atomic E-state index is 13.1. The number of nitrogens with one attached hydrogen (secondary N) is 2. The molecule has 0 radical (unpaired) electrons. The summed E-state index contributed by atoms with van der Waals surface area (Å²) in [7, 11) is 0. The number of fused-ring (bicyclic) bond motifs is 1. The number of carbonyl (C=O) groups excluding carboxylic acids is 1. The zero-order chi connectivity index (χ0) is 27.7. The smallest absolute Gasteiger partial charge is 0.141 e. The third-order valence-electron chi connectivity index (χ3n) is 6.31. The second-order valence-corrected chi connectivity index (χ2v) is 9.65. The fourth-order valence-electron chi connectivity index (χ4n) is 4.20. The molecule has 0 atom stereocenters. The van der Waals surface area contributed by atoms with Gasteiger partial charge in [-0.1, -0.05) is 23.7 Å². The fraction of sp³-hybridized carbons (Fsp3) is 0.194. The lowest BCUT2D eigenvalue weighted by atomic mass is 10.1. The summed E-state index contributed by atoms with van der Waals surface area (Å²) < 4.78 is 25.0. The standard InChI is InChI=1S/C31H28ClFN4O3/c32-27-17-24(9-12-30(27)39-19-21-4-7-23(33)8-5-21)37-31-26-16-22(6-11-28(26)35-20-36-31)29-13-10-25(40-29)18-34-14-2-1-3-15-38/h4-13,15-17,20,34H,1-3,14,18-19H2,(H,35,36,37). The van der Waals surface area contributed by atoms with Crippen molar-refractivity contribution < 1.29 is 18.3 Å². The van der Waals surface area contributed by atoms with E-state index in [-0.39, 0.29) is 12.4 Å². The molecule has 0 aliphatic heterocycles. The highest BCUT2D eigenvalue weighted by Gasteiger charge is 2.11.